The first-order chi connectivity index (χ1) is 15.0. The molecule has 1 aliphatic heterocycles. The van der Waals surface area contributed by atoms with E-state index in [1.807, 2.05) is 60.7 Å². The zero-order chi connectivity index (χ0) is 22.0. The van der Waals surface area contributed by atoms with Gasteiger partial charge in [-0.25, -0.2) is 4.68 Å². The van der Waals surface area contributed by atoms with E-state index in [-0.39, 0.29) is 11.5 Å². The first kappa shape index (κ1) is 21.3. The smallest absolute Gasteiger partial charge is 0.255 e. The summed E-state index contributed by atoms with van der Waals surface area (Å²) in [5.41, 5.74) is 4.36. The molecule has 1 fully saturated rings. The van der Waals surface area contributed by atoms with E-state index < -0.39 is 0 Å². The van der Waals surface area contributed by atoms with Crippen molar-refractivity contribution in [2.75, 3.05) is 13.1 Å². The van der Waals surface area contributed by atoms with Crippen molar-refractivity contribution in [1.82, 2.24) is 19.2 Å². The number of para-hydroxylation sites is 1. The molecule has 31 heavy (non-hydrogen) atoms. The summed E-state index contributed by atoms with van der Waals surface area (Å²) in [6.45, 7) is 8.23. The number of aryl methyl sites for hydroxylation is 3. The van der Waals surface area contributed by atoms with Crippen LogP contribution in [0.25, 0.3) is 16.7 Å². The van der Waals surface area contributed by atoms with Crippen LogP contribution in [0.3, 0.4) is 0 Å². The van der Waals surface area contributed by atoms with Crippen molar-refractivity contribution in [3.8, 4) is 5.69 Å². The average Bonchev–Trinajstić information content (AvgIpc) is 2.94. The zero-order valence-corrected chi connectivity index (χ0v) is 18.9. The molecule has 0 unspecified atom stereocenters. The third kappa shape index (κ3) is 4.03. The number of amides is 1. The number of pyridine rings is 1. The Labute approximate surface area is 183 Å². The molecular weight excluding hydrogens is 388 g/mol. The summed E-state index contributed by atoms with van der Waals surface area (Å²) < 4.78 is 3.68. The van der Waals surface area contributed by atoms with Crippen LogP contribution in [0.2, 0.25) is 0 Å². The van der Waals surface area contributed by atoms with Crippen LogP contribution in [0.15, 0.2) is 35.1 Å². The highest BCUT2D eigenvalue weighted by Crippen LogP contribution is 2.26. The van der Waals surface area contributed by atoms with Crippen molar-refractivity contribution in [1.29, 1.82) is 0 Å². The van der Waals surface area contributed by atoms with Gasteiger partial charge in [-0.15, -0.1) is 0 Å². The molecular formula is C25H32N4O2. The van der Waals surface area contributed by atoms with E-state index in [2.05, 4.69) is 0 Å². The van der Waals surface area contributed by atoms with Crippen molar-refractivity contribution >= 4 is 16.9 Å². The van der Waals surface area contributed by atoms with Crippen LogP contribution < -0.4 is 5.56 Å². The fraction of sp³-hybridized carbons (Fsp3) is 0.480. The molecule has 0 bridgehead atoms. The molecule has 0 N–H and O–H groups in total. The molecule has 1 saturated heterocycles. The molecule has 3 aromatic rings. The van der Waals surface area contributed by atoms with Crippen molar-refractivity contribution in [3.63, 3.8) is 0 Å². The molecule has 3 heterocycles. The lowest BCUT2D eigenvalue weighted by atomic mass is 10.0. The van der Waals surface area contributed by atoms with Gasteiger partial charge >= 0.3 is 0 Å². The van der Waals surface area contributed by atoms with Crippen molar-refractivity contribution in [2.45, 2.75) is 65.8 Å². The zero-order valence-electron chi connectivity index (χ0n) is 18.9. The minimum Gasteiger partial charge on any atom is -0.343 e. The van der Waals surface area contributed by atoms with Crippen molar-refractivity contribution < 1.29 is 4.79 Å². The number of benzene rings is 1. The minimum absolute atomic E-state index is 0.00625. The molecule has 2 aromatic heterocycles. The normalized spacial score (nSPS) is 14.7. The molecule has 164 valence electrons. The molecule has 6 nitrogen and oxygen atoms in total. The Hall–Kier alpha value is -2.89. The van der Waals surface area contributed by atoms with E-state index in [1.54, 1.807) is 4.57 Å². The Morgan fingerprint density at radius 3 is 2.35 bits per heavy atom. The maximum Gasteiger partial charge on any atom is 0.255 e. The Bertz CT molecular complexity index is 1140. The summed E-state index contributed by atoms with van der Waals surface area (Å²) in [5, 5.41) is 5.79. The van der Waals surface area contributed by atoms with Gasteiger partial charge in [0.15, 0.2) is 0 Å². The first-order valence-electron chi connectivity index (χ1n) is 11.5. The summed E-state index contributed by atoms with van der Waals surface area (Å²) >= 11 is 0. The van der Waals surface area contributed by atoms with Crippen LogP contribution in [-0.2, 0) is 17.8 Å². The number of carbonyl (C=O) groups excluding carboxylic acids is 1. The van der Waals surface area contributed by atoms with E-state index in [0.29, 0.717) is 19.4 Å². The molecule has 0 radical (unpaired) electrons. The molecule has 1 amide bonds. The summed E-state index contributed by atoms with van der Waals surface area (Å²) in [4.78, 5) is 28.3. The Kier molecular flexibility index (Phi) is 6.25. The Morgan fingerprint density at radius 2 is 1.71 bits per heavy atom. The van der Waals surface area contributed by atoms with Crippen molar-refractivity contribution in [3.05, 3.63) is 57.5 Å². The Morgan fingerprint density at radius 1 is 1.03 bits per heavy atom. The predicted molar refractivity (Wildman–Crippen MR) is 124 cm³/mol. The van der Waals surface area contributed by atoms with Gasteiger partial charge in [0.05, 0.1) is 11.4 Å². The summed E-state index contributed by atoms with van der Waals surface area (Å²) in [5.74, 6) is 0.167. The maximum absolute atomic E-state index is 13.5. The highest BCUT2D eigenvalue weighted by atomic mass is 16.2. The van der Waals surface area contributed by atoms with Crippen LogP contribution in [0.5, 0.6) is 0 Å². The monoisotopic (exact) mass is 420 g/mol. The largest absolute Gasteiger partial charge is 0.343 e. The average molecular weight is 421 g/mol. The topological polar surface area (TPSA) is 60.1 Å². The van der Waals surface area contributed by atoms with Gasteiger partial charge in [0.25, 0.3) is 5.56 Å². The number of aromatic nitrogens is 3. The lowest BCUT2D eigenvalue weighted by Gasteiger charge is -2.20. The quantitative estimate of drug-likeness (QED) is 0.623. The van der Waals surface area contributed by atoms with Gasteiger partial charge in [-0.3, -0.25) is 14.2 Å². The number of rotatable bonds is 5. The second-order valence-corrected chi connectivity index (χ2v) is 8.48. The highest BCUT2D eigenvalue weighted by Gasteiger charge is 2.22. The lowest BCUT2D eigenvalue weighted by molar-refractivity contribution is -0.131. The molecule has 4 rings (SSSR count). The van der Waals surface area contributed by atoms with E-state index in [4.69, 9.17) is 5.10 Å². The van der Waals surface area contributed by atoms with Gasteiger partial charge < -0.3 is 4.90 Å². The van der Waals surface area contributed by atoms with Crippen LogP contribution >= 0.6 is 0 Å². The molecule has 6 heteroatoms. The van der Waals surface area contributed by atoms with Gasteiger partial charge in [0, 0.05) is 37.0 Å². The van der Waals surface area contributed by atoms with Crippen molar-refractivity contribution in [2.24, 2.45) is 0 Å². The van der Waals surface area contributed by atoms with Gasteiger partial charge in [-0.2, -0.15) is 5.10 Å². The summed E-state index contributed by atoms with van der Waals surface area (Å²) in [6, 6.07) is 9.92. The molecule has 1 aliphatic rings. The highest BCUT2D eigenvalue weighted by molar-refractivity contribution is 5.85. The maximum atomic E-state index is 13.5. The van der Waals surface area contributed by atoms with Crippen LogP contribution in [0, 0.1) is 13.8 Å². The van der Waals surface area contributed by atoms with Gasteiger partial charge in [-0.05, 0) is 57.7 Å². The first-order valence-corrected chi connectivity index (χ1v) is 11.5. The number of likely N-dealkylation sites (tertiary alicyclic amines) is 1. The third-order valence-electron chi connectivity index (χ3n) is 6.49. The van der Waals surface area contributed by atoms with Gasteiger partial charge in [0.1, 0.15) is 5.65 Å². The lowest BCUT2D eigenvalue weighted by Crippen LogP contribution is -2.33. The van der Waals surface area contributed by atoms with Gasteiger partial charge in [-0.1, -0.05) is 31.0 Å². The SMILES string of the molecule is CCn1c(=O)c(CCC(=O)N2CCCCCC2)c(C)c2c(C)nn(-c3ccccc3)c21. The number of nitrogens with zero attached hydrogens (tertiary/aromatic N) is 4. The second kappa shape index (κ2) is 9.08. The molecule has 0 spiro atoms. The fourth-order valence-electron chi connectivity index (χ4n) is 4.82. The minimum atomic E-state index is -0.00625. The summed E-state index contributed by atoms with van der Waals surface area (Å²) in [7, 11) is 0. The molecule has 0 saturated carbocycles. The Balaban J connectivity index is 1.73. The van der Waals surface area contributed by atoms with E-state index >= 15 is 0 Å². The van der Waals surface area contributed by atoms with Crippen LogP contribution in [0.1, 0.15) is 55.8 Å². The second-order valence-electron chi connectivity index (χ2n) is 8.48. The fourth-order valence-corrected chi connectivity index (χ4v) is 4.82. The van der Waals surface area contributed by atoms with Crippen LogP contribution in [-0.4, -0.2) is 38.2 Å². The number of hydrogen-bond donors (Lipinski definition) is 0. The molecule has 0 atom stereocenters. The predicted octanol–water partition coefficient (Wildman–Crippen LogP) is 4.16. The van der Waals surface area contributed by atoms with Crippen LogP contribution in [0.4, 0.5) is 0 Å². The van der Waals surface area contributed by atoms with Gasteiger partial charge in [0.2, 0.25) is 5.91 Å². The van der Waals surface area contributed by atoms with E-state index in [0.717, 1.165) is 59.5 Å². The number of carbonyl (C=O) groups is 1. The molecule has 0 aliphatic carbocycles. The standard InChI is InChI=1S/C25H32N4O2/c1-4-28-24-23(19(3)26-29(24)20-12-8-7-9-13-20)18(2)21(25(28)31)14-15-22(30)27-16-10-5-6-11-17-27/h7-9,12-13H,4-6,10-11,14-17H2,1-3H3. The summed E-state index contributed by atoms with van der Waals surface area (Å²) in [6.07, 6.45) is 5.43. The number of fused-ring (bicyclic) bond motifs is 1. The molecule has 1 aromatic carbocycles. The number of hydrogen-bond acceptors (Lipinski definition) is 3. The third-order valence-corrected chi connectivity index (χ3v) is 6.49. The van der Waals surface area contributed by atoms with E-state index in [9.17, 15) is 9.59 Å². The van der Waals surface area contributed by atoms with E-state index in [1.165, 1.54) is 12.8 Å².